The van der Waals surface area contributed by atoms with Crippen LogP contribution in [0.15, 0.2) is 36.9 Å². The van der Waals surface area contributed by atoms with Crippen molar-refractivity contribution in [2.45, 2.75) is 32.7 Å². The van der Waals surface area contributed by atoms with E-state index in [9.17, 15) is 4.79 Å². The molecule has 4 heteroatoms. The number of nitrogens with zero attached hydrogens (tertiary/aromatic N) is 2. The van der Waals surface area contributed by atoms with Gasteiger partial charge >= 0.3 is 0 Å². The van der Waals surface area contributed by atoms with E-state index in [1.54, 1.807) is 13.0 Å². The Hall–Kier alpha value is -1.81. The topological polar surface area (TPSA) is 32.8 Å². The SMILES string of the molecule is C=CCOc1ccccc1CN1CC[C@]2(CCCN(C(C)=O)C2)C1. The lowest BCUT2D eigenvalue weighted by atomic mass is 9.79. The second-order valence-electron chi connectivity index (χ2n) is 7.21. The van der Waals surface area contributed by atoms with Gasteiger partial charge in [-0.15, -0.1) is 0 Å². The number of piperidine rings is 1. The molecule has 130 valence electrons. The highest BCUT2D eigenvalue weighted by Crippen LogP contribution is 2.39. The predicted octanol–water partition coefficient (Wildman–Crippen LogP) is 3.09. The van der Waals surface area contributed by atoms with Gasteiger partial charge in [-0.2, -0.15) is 0 Å². The molecule has 3 rings (SSSR count). The van der Waals surface area contributed by atoms with Crippen molar-refractivity contribution in [3.63, 3.8) is 0 Å². The fourth-order valence-corrected chi connectivity index (χ4v) is 4.14. The first-order valence-electron chi connectivity index (χ1n) is 8.91. The highest BCUT2D eigenvalue weighted by molar-refractivity contribution is 5.73. The lowest BCUT2D eigenvalue weighted by Crippen LogP contribution is -2.46. The van der Waals surface area contributed by atoms with Crippen LogP contribution in [0.5, 0.6) is 5.75 Å². The number of ether oxygens (including phenoxy) is 1. The molecule has 0 bridgehead atoms. The minimum absolute atomic E-state index is 0.218. The minimum atomic E-state index is 0.218. The lowest BCUT2D eigenvalue weighted by Gasteiger charge is -2.40. The summed E-state index contributed by atoms with van der Waals surface area (Å²) in [6.45, 7) is 10.9. The monoisotopic (exact) mass is 328 g/mol. The van der Waals surface area contributed by atoms with Crippen molar-refractivity contribution in [2.24, 2.45) is 5.41 Å². The van der Waals surface area contributed by atoms with Crippen LogP contribution in [0.3, 0.4) is 0 Å². The maximum Gasteiger partial charge on any atom is 0.219 e. The van der Waals surface area contributed by atoms with Gasteiger partial charge in [0.15, 0.2) is 0 Å². The number of para-hydroxylation sites is 1. The maximum absolute atomic E-state index is 11.7. The van der Waals surface area contributed by atoms with Gasteiger partial charge in [0.1, 0.15) is 12.4 Å². The zero-order valence-corrected chi connectivity index (χ0v) is 14.7. The highest BCUT2D eigenvalue weighted by Gasteiger charge is 2.41. The summed E-state index contributed by atoms with van der Waals surface area (Å²) in [5.74, 6) is 1.17. The lowest BCUT2D eigenvalue weighted by molar-refractivity contribution is -0.132. The average Bonchev–Trinajstić information content (AvgIpc) is 2.96. The van der Waals surface area contributed by atoms with Crippen LogP contribution in [0, 0.1) is 5.41 Å². The summed E-state index contributed by atoms with van der Waals surface area (Å²) in [6, 6.07) is 8.26. The molecule has 1 aromatic carbocycles. The first-order chi connectivity index (χ1) is 11.6. The number of amides is 1. The standard InChI is InChI=1S/C20H28N2O2/c1-3-13-24-19-8-5-4-7-18(19)14-21-12-10-20(15-21)9-6-11-22(16-20)17(2)23/h3-5,7-8H,1,6,9-16H2,2H3/t20-/m1/s1. The molecule has 2 saturated heterocycles. The predicted molar refractivity (Wildman–Crippen MR) is 95.9 cm³/mol. The van der Waals surface area contributed by atoms with Crippen LogP contribution in [-0.2, 0) is 11.3 Å². The van der Waals surface area contributed by atoms with Crippen molar-refractivity contribution in [1.82, 2.24) is 9.80 Å². The molecule has 0 saturated carbocycles. The van der Waals surface area contributed by atoms with E-state index in [2.05, 4.69) is 23.6 Å². The summed E-state index contributed by atoms with van der Waals surface area (Å²) in [5, 5.41) is 0. The van der Waals surface area contributed by atoms with E-state index in [1.165, 1.54) is 18.4 Å². The van der Waals surface area contributed by atoms with Gasteiger partial charge in [0.2, 0.25) is 5.91 Å². The molecule has 0 radical (unpaired) electrons. The molecule has 0 unspecified atom stereocenters. The third-order valence-corrected chi connectivity index (χ3v) is 5.35. The molecule has 1 aromatic rings. The largest absolute Gasteiger partial charge is 0.489 e. The van der Waals surface area contributed by atoms with Crippen LogP contribution in [0.1, 0.15) is 31.7 Å². The van der Waals surface area contributed by atoms with Gasteiger partial charge in [-0.25, -0.2) is 0 Å². The van der Waals surface area contributed by atoms with Crippen LogP contribution in [0.4, 0.5) is 0 Å². The first kappa shape index (κ1) is 17.0. The molecule has 4 nitrogen and oxygen atoms in total. The smallest absolute Gasteiger partial charge is 0.219 e. The minimum Gasteiger partial charge on any atom is -0.489 e. The highest BCUT2D eigenvalue weighted by atomic mass is 16.5. The normalized spacial score (nSPS) is 24.3. The van der Waals surface area contributed by atoms with E-state index in [4.69, 9.17) is 4.74 Å². The molecule has 1 atom stereocenters. The van der Waals surface area contributed by atoms with Gasteiger partial charge in [0.25, 0.3) is 0 Å². The number of benzene rings is 1. The number of hydrogen-bond donors (Lipinski definition) is 0. The quantitative estimate of drug-likeness (QED) is 0.779. The Labute approximate surface area is 145 Å². The number of carbonyl (C=O) groups excluding carboxylic acids is 1. The van der Waals surface area contributed by atoms with Crippen LogP contribution >= 0.6 is 0 Å². The molecule has 1 spiro atoms. The van der Waals surface area contributed by atoms with E-state index in [1.807, 2.05) is 17.0 Å². The molecule has 1 amide bonds. The molecule has 0 N–H and O–H groups in total. The summed E-state index contributed by atoms with van der Waals surface area (Å²) in [4.78, 5) is 16.3. The van der Waals surface area contributed by atoms with Gasteiger partial charge in [0.05, 0.1) is 0 Å². The number of hydrogen-bond acceptors (Lipinski definition) is 3. The van der Waals surface area contributed by atoms with Crippen LogP contribution in [-0.4, -0.2) is 48.5 Å². The Morgan fingerprint density at radius 2 is 2.12 bits per heavy atom. The van der Waals surface area contributed by atoms with Crippen LogP contribution in [0.2, 0.25) is 0 Å². The molecule has 2 fully saturated rings. The fraction of sp³-hybridized carbons (Fsp3) is 0.550. The van der Waals surface area contributed by atoms with Gasteiger partial charge in [-0.05, 0) is 31.9 Å². The summed E-state index contributed by atoms with van der Waals surface area (Å²) in [7, 11) is 0. The van der Waals surface area contributed by atoms with Crippen molar-refractivity contribution in [3.8, 4) is 5.75 Å². The molecule has 0 aliphatic carbocycles. The Balaban J connectivity index is 1.64. The number of likely N-dealkylation sites (tertiary alicyclic amines) is 2. The van der Waals surface area contributed by atoms with Crippen molar-refractivity contribution >= 4 is 5.91 Å². The summed E-state index contributed by atoms with van der Waals surface area (Å²) in [5.41, 5.74) is 1.52. The Bertz CT molecular complexity index is 601. The van der Waals surface area contributed by atoms with Crippen LogP contribution in [0.25, 0.3) is 0 Å². The van der Waals surface area contributed by atoms with Crippen molar-refractivity contribution in [1.29, 1.82) is 0 Å². The zero-order chi connectivity index (χ0) is 17.0. The van der Waals surface area contributed by atoms with Crippen molar-refractivity contribution in [2.75, 3.05) is 32.8 Å². The summed E-state index contributed by atoms with van der Waals surface area (Å²) >= 11 is 0. The molecular formula is C20H28N2O2. The molecule has 2 heterocycles. The third-order valence-electron chi connectivity index (χ3n) is 5.35. The summed E-state index contributed by atoms with van der Waals surface area (Å²) in [6.07, 6.45) is 5.33. The molecule has 2 aliphatic rings. The van der Waals surface area contributed by atoms with E-state index in [0.29, 0.717) is 12.0 Å². The number of rotatable bonds is 5. The van der Waals surface area contributed by atoms with Gasteiger partial charge in [-0.3, -0.25) is 9.69 Å². The summed E-state index contributed by atoms with van der Waals surface area (Å²) < 4.78 is 5.78. The van der Waals surface area contributed by atoms with Crippen molar-refractivity contribution in [3.05, 3.63) is 42.5 Å². The fourth-order valence-electron chi connectivity index (χ4n) is 4.14. The maximum atomic E-state index is 11.7. The Morgan fingerprint density at radius 3 is 2.92 bits per heavy atom. The first-order valence-corrected chi connectivity index (χ1v) is 8.91. The molecule has 24 heavy (non-hydrogen) atoms. The van der Waals surface area contributed by atoms with E-state index in [-0.39, 0.29) is 5.91 Å². The van der Waals surface area contributed by atoms with Gasteiger partial charge in [-0.1, -0.05) is 30.9 Å². The average molecular weight is 328 g/mol. The molecule has 0 aromatic heterocycles. The number of carbonyl (C=O) groups is 1. The Morgan fingerprint density at radius 1 is 1.29 bits per heavy atom. The third kappa shape index (κ3) is 3.81. The van der Waals surface area contributed by atoms with E-state index < -0.39 is 0 Å². The zero-order valence-electron chi connectivity index (χ0n) is 14.7. The second kappa shape index (κ2) is 7.39. The molecule has 2 aliphatic heterocycles. The van der Waals surface area contributed by atoms with E-state index in [0.717, 1.165) is 44.9 Å². The van der Waals surface area contributed by atoms with Crippen molar-refractivity contribution < 1.29 is 9.53 Å². The Kier molecular flexibility index (Phi) is 5.24. The van der Waals surface area contributed by atoms with Gasteiger partial charge in [0, 0.05) is 44.1 Å². The molecular weight excluding hydrogens is 300 g/mol. The van der Waals surface area contributed by atoms with E-state index >= 15 is 0 Å². The second-order valence-corrected chi connectivity index (χ2v) is 7.21. The van der Waals surface area contributed by atoms with Gasteiger partial charge < -0.3 is 9.64 Å². The van der Waals surface area contributed by atoms with Crippen LogP contribution < -0.4 is 4.74 Å².